The van der Waals surface area contributed by atoms with Crippen molar-refractivity contribution < 1.29 is 0 Å². The number of rotatable bonds is 3. The van der Waals surface area contributed by atoms with E-state index < -0.39 is 0 Å². The highest BCUT2D eigenvalue weighted by molar-refractivity contribution is 5.53. The van der Waals surface area contributed by atoms with Crippen LogP contribution < -0.4 is 14.7 Å². The van der Waals surface area contributed by atoms with E-state index in [0.717, 1.165) is 56.8 Å². The van der Waals surface area contributed by atoms with Gasteiger partial charge in [0.25, 0.3) is 0 Å². The van der Waals surface area contributed by atoms with E-state index in [9.17, 15) is 0 Å². The molecule has 1 aromatic heterocycles. The van der Waals surface area contributed by atoms with Crippen LogP contribution in [0.5, 0.6) is 0 Å². The van der Waals surface area contributed by atoms with E-state index in [1.807, 2.05) is 0 Å². The third kappa shape index (κ3) is 3.70. The lowest BCUT2D eigenvalue weighted by atomic mass is 10.0. The molecule has 2 aromatic rings. The van der Waals surface area contributed by atoms with E-state index in [2.05, 4.69) is 68.0 Å². The van der Waals surface area contributed by atoms with Crippen LogP contribution in [0.1, 0.15) is 19.8 Å². The van der Waals surface area contributed by atoms with Crippen LogP contribution in [0, 0.1) is 5.92 Å². The molecule has 5 nitrogen and oxygen atoms in total. The summed E-state index contributed by atoms with van der Waals surface area (Å²) in [6.45, 7) is 8.62. The molecule has 0 amide bonds. The Morgan fingerprint density at radius 1 is 0.840 bits per heavy atom. The molecule has 0 spiro atoms. The summed E-state index contributed by atoms with van der Waals surface area (Å²) in [6, 6.07) is 12.8. The van der Waals surface area contributed by atoms with Gasteiger partial charge in [-0.1, -0.05) is 25.1 Å². The topological polar surface area (TPSA) is 35.5 Å². The van der Waals surface area contributed by atoms with Gasteiger partial charge in [-0.05, 0) is 30.9 Å². The van der Waals surface area contributed by atoms with Crippen LogP contribution in [-0.2, 0) is 0 Å². The summed E-state index contributed by atoms with van der Waals surface area (Å²) in [7, 11) is 0. The Morgan fingerprint density at radius 3 is 2.24 bits per heavy atom. The molecule has 1 unspecified atom stereocenters. The fraction of sp³-hybridized carbons (Fsp3) is 0.500. The number of piperidine rings is 1. The van der Waals surface area contributed by atoms with E-state index in [1.54, 1.807) is 6.33 Å². The van der Waals surface area contributed by atoms with Crippen molar-refractivity contribution in [3.63, 3.8) is 0 Å². The molecule has 0 aliphatic carbocycles. The molecular formula is C20H27N5. The molecule has 132 valence electrons. The summed E-state index contributed by atoms with van der Waals surface area (Å²) in [5.41, 5.74) is 1.31. The molecule has 1 aromatic carbocycles. The van der Waals surface area contributed by atoms with Crippen LogP contribution >= 0.6 is 0 Å². The van der Waals surface area contributed by atoms with Crippen molar-refractivity contribution in [2.45, 2.75) is 19.8 Å². The molecule has 2 aliphatic rings. The van der Waals surface area contributed by atoms with Gasteiger partial charge in [-0.25, -0.2) is 9.97 Å². The number of anilines is 3. The SMILES string of the molecule is CC1CCCN(c2cc(N3CCN(c4ccccc4)CC3)ncn2)C1. The fourth-order valence-corrected chi connectivity index (χ4v) is 3.91. The van der Waals surface area contributed by atoms with Crippen LogP contribution in [0.25, 0.3) is 0 Å². The fourth-order valence-electron chi connectivity index (χ4n) is 3.91. The van der Waals surface area contributed by atoms with Crippen molar-refractivity contribution in [2.75, 3.05) is 54.0 Å². The molecule has 2 fully saturated rings. The number of nitrogens with zero attached hydrogens (tertiary/aromatic N) is 5. The van der Waals surface area contributed by atoms with E-state index in [4.69, 9.17) is 0 Å². The van der Waals surface area contributed by atoms with Gasteiger partial charge in [-0.2, -0.15) is 0 Å². The summed E-state index contributed by atoms with van der Waals surface area (Å²) in [5, 5.41) is 0. The lowest BCUT2D eigenvalue weighted by Gasteiger charge is -2.37. The highest BCUT2D eigenvalue weighted by Gasteiger charge is 2.21. The van der Waals surface area contributed by atoms with Gasteiger partial charge in [0.2, 0.25) is 0 Å². The third-order valence-corrected chi connectivity index (χ3v) is 5.34. The Bertz CT molecular complexity index is 681. The summed E-state index contributed by atoms with van der Waals surface area (Å²) in [4.78, 5) is 16.3. The lowest BCUT2D eigenvalue weighted by Crippen LogP contribution is -2.47. The smallest absolute Gasteiger partial charge is 0.134 e. The average Bonchev–Trinajstić information content (AvgIpc) is 2.69. The van der Waals surface area contributed by atoms with Gasteiger partial charge in [0.15, 0.2) is 0 Å². The van der Waals surface area contributed by atoms with Crippen molar-refractivity contribution in [1.82, 2.24) is 9.97 Å². The first kappa shape index (κ1) is 16.2. The van der Waals surface area contributed by atoms with Crippen LogP contribution in [0.15, 0.2) is 42.7 Å². The maximum absolute atomic E-state index is 4.54. The third-order valence-electron chi connectivity index (χ3n) is 5.34. The summed E-state index contributed by atoms with van der Waals surface area (Å²) in [5.74, 6) is 2.90. The molecular weight excluding hydrogens is 310 g/mol. The van der Waals surface area contributed by atoms with E-state index >= 15 is 0 Å². The average molecular weight is 337 g/mol. The Balaban J connectivity index is 1.42. The van der Waals surface area contributed by atoms with Crippen LogP contribution in [0.2, 0.25) is 0 Å². The van der Waals surface area contributed by atoms with Crippen molar-refractivity contribution in [3.05, 3.63) is 42.7 Å². The van der Waals surface area contributed by atoms with Gasteiger partial charge >= 0.3 is 0 Å². The van der Waals surface area contributed by atoms with E-state index in [0.29, 0.717) is 0 Å². The first-order valence-electron chi connectivity index (χ1n) is 9.41. The maximum atomic E-state index is 4.54. The Kier molecular flexibility index (Phi) is 4.72. The second kappa shape index (κ2) is 7.30. The molecule has 0 N–H and O–H groups in total. The highest BCUT2D eigenvalue weighted by Crippen LogP contribution is 2.24. The summed E-state index contributed by atoms with van der Waals surface area (Å²) in [6.07, 6.45) is 4.32. The largest absolute Gasteiger partial charge is 0.368 e. The number of hydrogen-bond donors (Lipinski definition) is 0. The molecule has 5 heteroatoms. The number of benzene rings is 1. The second-order valence-corrected chi connectivity index (χ2v) is 7.24. The molecule has 2 aliphatic heterocycles. The summed E-state index contributed by atoms with van der Waals surface area (Å²) < 4.78 is 0. The monoisotopic (exact) mass is 337 g/mol. The highest BCUT2D eigenvalue weighted by atomic mass is 15.3. The van der Waals surface area contributed by atoms with Gasteiger partial charge in [0.05, 0.1) is 0 Å². The standard InChI is InChI=1S/C20H27N5/c1-17-6-5-9-25(15-17)20-14-19(21-16-22-20)24-12-10-23(11-13-24)18-7-3-2-4-8-18/h2-4,7-8,14,16-17H,5-6,9-13,15H2,1H3. The van der Waals surface area contributed by atoms with Crippen molar-refractivity contribution in [1.29, 1.82) is 0 Å². The second-order valence-electron chi connectivity index (χ2n) is 7.24. The minimum Gasteiger partial charge on any atom is -0.368 e. The molecule has 1 atom stereocenters. The minimum absolute atomic E-state index is 0.751. The number of piperazine rings is 1. The van der Waals surface area contributed by atoms with Gasteiger partial charge in [0, 0.05) is 51.0 Å². The van der Waals surface area contributed by atoms with Crippen LogP contribution in [0.3, 0.4) is 0 Å². The predicted molar refractivity (Wildman–Crippen MR) is 104 cm³/mol. The zero-order chi connectivity index (χ0) is 17.1. The molecule has 0 radical (unpaired) electrons. The first-order chi connectivity index (χ1) is 12.3. The van der Waals surface area contributed by atoms with Crippen molar-refractivity contribution in [3.8, 4) is 0 Å². The van der Waals surface area contributed by atoms with Gasteiger partial charge in [-0.3, -0.25) is 0 Å². The summed E-state index contributed by atoms with van der Waals surface area (Å²) >= 11 is 0. The molecule has 3 heterocycles. The maximum Gasteiger partial charge on any atom is 0.134 e. The quantitative estimate of drug-likeness (QED) is 0.860. The van der Waals surface area contributed by atoms with Crippen LogP contribution in [0.4, 0.5) is 17.3 Å². The van der Waals surface area contributed by atoms with Crippen molar-refractivity contribution >= 4 is 17.3 Å². The number of aromatic nitrogens is 2. The zero-order valence-corrected chi connectivity index (χ0v) is 15.0. The van der Waals surface area contributed by atoms with Crippen molar-refractivity contribution in [2.24, 2.45) is 5.92 Å². The van der Waals surface area contributed by atoms with Crippen LogP contribution in [-0.4, -0.2) is 49.2 Å². The molecule has 0 bridgehead atoms. The minimum atomic E-state index is 0.751. The van der Waals surface area contributed by atoms with Gasteiger partial charge in [0.1, 0.15) is 18.0 Å². The predicted octanol–water partition coefficient (Wildman–Crippen LogP) is 3.04. The first-order valence-corrected chi connectivity index (χ1v) is 9.41. The molecule has 4 rings (SSSR count). The Morgan fingerprint density at radius 2 is 1.52 bits per heavy atom. The lowest BCUT2D eigenvalue weighted by molar-refractivity contribution is 0.444. The number of para-hydroxylation sites is 1. The normalized spacial score (nSPS) is 21.5. The van der Waals surface area contributed by atoms with E-state index in [-0.39, 0.29) is 0 Å². The molecule has 0 saturated carbocycles. The number of hydrogen-bond acceptors (Lipinski definition) is 5. The van der Waals surface area contributed by atoms with E-state index in [1.165, 1.54) is 18.5 Å². The molecule has 2 saturated heterocycles. The zero-order valence-electron chi connectivity index (χ0n) is 15.0. The van der Waals surface area contributed by atoms with Gasteiger partial charge in [-0.15, -0.1) is 0 Å². The molecule has 25 heavy (non-hydrogen) atoms. The van der Waals surface area contributed by atoms with Gasteiger partial charge < -0.3 is 14.7 Å². The Hall–Kier alpha value is -2.30. The Labute approximate surface area is 150 Å².